The Morgan fingerprint density at radius 2 is 1.71 bits per heavy atom. The van der Waals surface area contributed by atoms with E-state index in [4.69, 9.17) is 14.2 Å². The molecule has 0 fully saturated rings. The lowest BCUT2D eigenvalue weighted by molar-refractivity contribution is 0.159. The van der Waals surface area contributed by atoms with E-state index in [1.54, 1.807) is 49.6 Å². The summed E-state index contributed by atoms with van der Waals surface area (Å²) in [6, 6.07) is 14.9. The van der Waals surface area contributed by atoms with Gasteiger partial charge in [0.2, 0.25) is 0 Å². The summed E-state index contributed by atoms with van der Waals surface area (Å²) in [5.41, 5.74) is 0.429. The zero-order valence-corrected chi connectivity index (χ0v) is 27.3. The number of likely N-dealkylation sites (N-methyl/N-ethyl adjacent to an activating group) is 1. The molecule has 2 amide bonds. The van der Waals surface area contributed by atoms with E-state index >= 15 is 8.78 Å². The number of carbonyl (C=O) groups excluding carboxylic acids is 1. The van der Waals surface area contributed by atoms with Crippen LogP contribution < -0.4 is 31.4 Å². The highest BCUT2D eigenvalue weighted by Crippen LogP contribution is 2.39. The second-order valence-electron chi connectivity index (χ2n) is 11.1. The Kier molecular flexibility index (Phi) is 9.57. The van der Waals surface area contributed by atoms with Crippen molar-refractivity contribution >= 4 is 33.3 Å². The van der Waals surface area contributed by atoms with E-state index < -0.39 is 29.4 Å². The van der Waals surface area contributed by atoms with Gasteiger partial charge in [-0.25, -0.2) is 22.9 Å². The molecule has 6 rings (SSSR count). The molecule has 0 radical (unpaired) electrons. The van der Waals surface area contributed by atoms with E-state index in [9.17, 15) is 14.4 Å². The zero-order valence-electron chi connectivity index (χ0n) is 26.5. The molecule has 14 heteroatoms. The van der Waals surface area contributed by atoms with Crippen LogP contribution in [-0.2, 0) is 17.8 Å². The first kappa shape index (κ1) is 32.9. The van der Waals surface area contributed by atoms with Crippen LogP contribution in [0.2, 0.25) is 0 Å². The standard InChI is InChI=1S/C34H33F2N5O6S/c1-37-33(43)38-21-9-7-20(8-10-21)30-24(18-39(2)13-14-45-3)29-31(42)41(22-11-12-27-28(17-22)47-16-15-46-27)34(44)40(32(29)48-30)19-23-25(35)5-4-6-26(23)36/h4-12,17H,13-16,18-19H2,1-3H3,(H2,37,38,43). The highest BCUT2D eigenvalue weighted by atomic mass is 32.1. The van der Waals surface area contributed by atoms with Gasteiger partial charge in [-0.1, -0.05) is 18.2 Å². The van der Waals surface area contributed by atoms with Gasteiger partial charge in [0.1, 0.15) is 29.7 Å². The lowest BCUT2D eigenvalue weighted by atomic mass is 10.1. The molecule has 11 nitrogen and oxygen atoms in total. The number of aromatic nitrogens is 2. The van der Waals surface area contributed by atoms with Gasteiger partial charge in [0.15, 0.2) is 11.5 Å². The molecule has 1 aliphatic heterocycles. The fraction of sp³-hybridized carbons (Fsp3) is 0.265. The van der Waals surface area contributed by atoms with Crippen molar-refractivity contribution in [2.45, 2.75) is 13.1 Å². The number of nitrogens with one attached hydrogen (secondary N) is 2. The van der Waals surface area contributed by atoms with Crippen LogP contribution in [-0.4, -0.2) is 67.6 Å². The predicted octanol–water partition coefficient (Wildman–Crippen LogP) is 4.81. The number of anilines is 1. The summed E-state index contributed by atoms with van der Waals surface area (Å²) in [4.78, 5) is 43.7. The number of hydrogen-bond donors (Lipinski definition) is 2. The van der Waals surface area contributed by atoms with Gasteiger partial charge in [-0.3, -0.25) is 14.3 Å². The maximum absolute atomic E-state index is 15.0. The number of carbonyl (C=O) groups is 1. The number of halogens is 2. The van der Waals surface area contributed by atoms with Crippen LogP contribution in [0, 0.1) is 11.6 Å². The summed E-state index contributed by atoms with van der Waals surface area (Å²) in [5.74, 6) is -0.793. The second kappa shape index (κ2) is 14.0. The van der Waals surface area contributed by atoms with E-state index in [-0.39, 0.29) is 27.5 Å². The molecule has 0 unspecified atom stereocenters. The molecular formula is C34H33F2N5O6S. The molecule has 1 aliphatic rings. The van der Waals surface area contributed by atoms with Gasteiger partial charge in [-0.05, 0) is 54.6 Å². The number of ether oxygens (including phenoxy) is 3. The number of nitrogens with zero attached hydrogens (tertiary/aromatic N) is 3. The Balaban J connectivity index is 1.63. The lowest BCUT2D eigenvalue weighted by Gasteiger charge is -2.20. The fourth-order valence-corrected chi connectivity index (χ4v) is 6.83. The largest absolute Gasteiger partial charge is 0.486 e. The summed E-state index contributed by atoms with van der Waals surface area (Å²) < 4.78 is 49.0. The van der Waals surface area contributed by atoms with Crippen LogP contribution in [0.5, 0.6) is 11.5 Å². The topological polar surface area (TPSA) is 116 Å². The number of hydrogen-bond acceptors (Lipinski definition) is 8. The van der Waals surface area contributed by atoms with Crippen molar-refractivity contribution in [1.82, 2.24) is 19.4 Å². The summed E-state index contributed by atoms with van der Waals surface area (Å²) in [7, 11) is 4.99. The summed E-state index contributed by atoms with van der Waals surface area (Å²) in [6.45, 7) is 1.46. The number of benzene rings is 3. The van der Waals surface area contributed by atoms with E-state index in [2.05, 4.69) is 10.6 Å². The zero-order chi connectivity index (χ0) is 33.9. The molecule has 0 spiro atoms. The third-order valence-electron chi connectivity index (χ3n) is 7.97. The molecule has 0 aliphatic carbocycles. The smallest absolute Gasteiger partial charge is 0.337 e. The van der Waals surface area contributed by atoms with Gasteiger partial charge in [0.05, 0.1) is 24.2 Å². The first-order valence-electron chi connectivity index (χ1n) is 15.1. The van der Waals surface area contributed by atoms with Gasteiger partial charge in [0, 0.05) is 49.4 Å². The first-order chi connectivity index (χ1) is 23.2. The number of fused-ring (bicyclic) bond motifs is 2. The minimum Gasteiger partial charge on any atom is -0.486 e. The van der Waals surface area contributed by atoms with Crippen LogP contribution in [0.15, 0.2) is 70.3 Å². The fourth-order valence-electron chi connectivity index (χ4n) is 5.53. The maximum Gasteiger partial charge on any atom is 0.337 e. The molecule has 3 aromatic carbocycles. The first-order valence-corrected chi connectivity index (χ1v) is 15.9. The normalized spacial score (nSPS) is 12.5. The van der Waals surface area contributed by atoms with Crippen LogP contribution in [0.4, 0.5) is 19.3 Å². The molecular weight excluding hydrogens is 644 g/mol. The van der Waals surface area contributed by atoms with Gasteiger partial charge < -0.3 is 24.8 Å². The molecule has 48 heavy (non-hydrogen) atoms. The van der Waals surface area contributed by atoms with Crippen molar-refractivity contribution in [2.75, 3.05) is 52.9 Å². The molecule has 2 aromatic heterocycles. The molecule has 3 heterocycles. The van der Waals surface area contributed by atoms with Crippen LogP contribution in [0.1, 0.15) is 11.1 Å². The average molecular weight is 678 g/mol. The summed E-state index contributed by atoms with van der Waals surface area (Å²) in [5, 5.41) is 5.46. The van der Waals surface area contributed by atoms with Crippen LogP contribution in [0.3, 0.4) is 0 Å². The van der Waals surface area contributed by atoms with Crippen molar-refractivity contribution in [3.8, 4) is 27.6 Å². The Bertz CT molecular complexity index is 2090. The summed E-state index contributed by atoms with van der Waals surface area (Å²) in [6.07, 6.45) is 0. The third kappa shape index (κ3) is 6.41. The minimum absolute atomic E-state index is 0.218. The average Bonchev–Trinajstić information content (AvgIpc) is 3.46. The molecule has 2 N–H and O–H groups in total. The molecule has 0 saturated carbocycles. The second-order valence-corrected chi connectivity index (χ2v) is 12.1. The number of rotatable bonds is 10. The van der Waals surface area contributed by atoms with Gasteiger partial charge in [-0.15, -0.1) is 11.3 Å². The van der Waals surface area contributed by atoms with E-state index in [0.717, 1.165) is 22.3 Å². The van der Waals surface area contributed by atoms with Crippen molar-refractivity contribution in [3.63, 3.8) is 0 Å². The van der Waals surface area contributed by atoms with Crippen molar-refractivity contribution < 1.29 is 27.8 Å². The number of thiophene rings is 1. The molecule has 0 saturated heterocycles. The molecule has 250 valence electrons. The quantitative estimate of drug-likeness (QED) is 0.218. The highest BCUT2D eigenvalue weighted by Gasteiger charge is 2.26. The highest BCUT2D eigenvalue weighted by molar-refractivity contribution is 7.22. The van der Waals surface area contributed by atoms with E-state index in [1.807, 2.05) is 11.9 Å². The summed E-state index contributed by atoms with van der Waals surface area (Å²) >= 11 is 1.18. The monoisotopic (exact) mass is 677 g/mol. The SMILES string of the molecule is CNC(=O)Nc1ccc(-c2sc3c(c2CN(C)CCOC)c(=O)n(-c2ccc4c(c2)OCCO4)c(=O)n3Cc2c(F)cccc2F)cc1. The van der Waals surface area contributed by atoms with Crippen LogP contribution >= 0.6 is 11.3 Å². The van der Waals surface area contributed by atoms with Crippen molar-refractivity contribution in [3.05, 3.63) is 104 Å². The molecule has 0 bridgehead atoms. The van der Waals surface area contributed by atoms with Gasteiger partial charge >= 0.3 is 11.7 Å². The van der Waals surface area contributed by atoms with Gasteiger partial charge in [0.25, 0.3) is 5.56 Å². The number of amides is 2. The Hall–Kier alpha value is -5.05. The Morgan fingerprint density at radius 3 is 2.40 bits per heavy atom. The Labute approximate surface area is 277 Å². The van der Waals surface area contributed by atoms with Crippen molar-refractivity contribution in [1.29, 1.82) is 0 Å². The van der Waals surface area contributed by atoms with Gasteiger partial charge in [-0.2, -0.15) is 0 Å². The third-order valence-corrected chi connectivity index (χ3v) is 9.28. The van der Waals surface area contributed by atoms with Crippen molar-refractivity contribution in [2.24, 2.45) is 0 Å². The number of urea groups is 1. The molecule has 0 atom stereocenters. The number of methoxy groups -OCH3 is 1. The lowest BCUT2D eigenvalue weighted by Crippen LogP contribution is -2.39. The van der Waals surface area contributed by atoms with Crippen LogP contribution in [0.25, 0.3) is 26.3 Å². The Morgan fingerprint density at radius 1 is 1.00 bits per heavy atom. The maximum atomic E-state index is 15.0. The van der Waals surface area contributed by atoms with E-state index in [0.29, 0.717) is 60.5 Å². The van der Waals surface area contributed by atoms with E-state index in [1.165, 1.54) is 29.0 Å². The predicted molar refractivity (Wildman–Crippen MR) is 180 cm³/mol. The minimum atomic E-state index is -0.817. The molecule has 5 aromatic rings.